The van der Waals surface area contributed by atoms with Gasteiger partial charge < -0.3 is 47.4 Å². The largest absolute Gasteiger partial charge is 0.461 e. The molecule has 0 aromatic carbocycles. The van der Waals surface area contributed by atoms with Crippen LogP contribution in [0, 0.1) is 0 Å². The average molecular weight is 887 g/mol. The minimum Gasteiger partial charge on any atom is -0.461 e. The number of carbonyl (C=O) groups is 8. The molecule has 0 aromatic heterocycles. The molecule has 5 atom stereocenters. The summed E-state index contributed by atoms with van der Waals surface area (Å²) in [6.07, 6.45) is -13.1. The van der Waals surface area contributed by atoms with E-state index in [-0.39, 0.29) is 0 Å². The Labute approximate surface area is 351 Å². The number of amides is 4. The van der Waals surface area contributed by atoms with Gasteiger partial charge in [-0.15, -0.1) is 0 Å². The highest BCUT2D eigenvalue weighted by Crippen LogP contribution is 2.30. The van der Waals surface area contributed by atoms with Gasteiger partial charge in [-0.2, -0.15) is 21.9 Å². The maximum absolute atomic E-state index is 13.2. The molecule has 1 fully saturated rings. The lowest BCUT2D eigenvalue weighted by atomic mass is 9.98. The second-order valence-corrected chi connectivity index (χ2v) is 16.4. The molecule has 1 rings (SSSR count). The van der Waals surface area contributed by atoms with Crippen LogP contribution in [0.25, 0.3) is 0 Å². The molecule has 1 saturated heterocycles. The number of hydroxylamine groups is 4. The molecule has 26 nitrogen and oxygen atoms in total. The zero-order valence-electron chi connectivity index (χ0n) is 36.4. The van der Waals surface area contributed by atoms with Gasteiger partial charge in [0.25, 0.3) is 0 Å². The molecular formula is C35H58N4O22. The van der Waals surface area contributed by atoms with Crippen LogP contribution in [-0.2, 0) is 85.9 Å². The number of methoxy groups -OCH3 is 1. The summed E-state index contributed by atoms with van der Waals surface area (Å²) in [4.78, 5) is 119. The van der Waals surface area contributed by atoms with Crippen molar-refractivity contribution in [2.75, 3.05) is 40.1 Å². The van der Waals surface area contributed by atoms with Crippen LogP contribution in [0.4, 0.5) is 19.2 Å². The lowest BCUT2D eigenvalue weighted by Crippen LogP contribution is -2.63. The van der Waals surface area contributed by atoms with Gasteiger partial charge in [0.1, 0.15) is 35.1 Å². The molecule has 0 aliphatic carbocycles. The molecule has 0 aromatic rings. The zero-order chi connectivity index (χ0) is 46.8. The lowest BCUT2D eigenvalue weighted by molar-refractivity contribution is -0.305. The number of hydrogen-bond donors (Lipinski definition) is 4. The number of hydrogen-bond acceptors (Lipinski definition) is 22. The minimum absolute atomic E-state index is 0.808. The monoisotopic (exact) mass is 886 g/mol. The number of ether oxygens (including phenoxy) is 10. The summed E-state index contributed by atoms with van der Waals surface area (Å²) in [5, 5.41) is 0. The van der Waals surface area contributed by atoms with E-state index in [9.17, 15) is 38.4 Å². The summed E-state index contributed by atoms with van der Waals surface area (Å²) < 4.78 is 53.0. The predicted molar refractivity (Wildman–Crippen MR) is 198 cm³/mol. The third kappa shape index (κ3) is 25.2. The van der Waals surface area contributed by atoms with Crippen molar-refractivity contribution >= 4 is 48.3 Å². The summed E-state index contributed by atoms with van der Waals surface area (Å²) >= 11 is 0. The molecule has 0 bridgehead atoms. The lowest BCUT2D eigenvalue weighted by Gasteiger charge is -2.43. The first-order chi connectivity index (χ1) is 28.0. The summed E-state index contributed by atoms with van der Waals surface area (Å²) in [7, 11) is 1.08. The molecule has 4 amide bonds. The van der Waals surface area contributed by atoms with Gasteiger partial charge in [0.2, 0.25) is 0 Å². The smallest absolute Gasteiger partial charge is 0.431 e. The molecule has 1 aliphatic heterocycles. The highest BCUT2D eigenvalue weighted by atomic mass is 16.8. The Bertz CT molecular complexity index is 1500. The molecule has 0 unspecified atom stereocenters. The topological polar surface area (TPSA) is 314 Å². The van der Waals surface area contributed by atoms with Crippen LogP contribution >= 0.6 is 0 Å². The van der Waals surface area contributed by atoms with Gasteiger partial charge in [-0.1, -0.05) is 0 Å². The van der Waals surface area contributed by atoms with E-state index in [0.29, 0.717) is 0 Å². The van der Waals surface area contributed by atoms with Crippen molar-refractivity contribution in [1.29, 1.82) is 0 Å². The van der Waals surface area contributed by atoms with Crippen LogP contribution < -0.4 is 21.9 Å². The van der Waals surface area contributed by atoms with Crippen LogP contribution in [0.3, 0.4) is 0 Å². The highest BCUT2D eigenvalue weighted by Gasteiger charge is 2.53. The average Bonchev–Trinajstić information content (AvgIpc) is 3.06. The maximum Gasteiger partial charge on any atom is 0.431 e. The Morgan fingerprint density at radius 3 is 1.05 bits per heavy atom. The fraction of sp³-hybridized carbons (Fsp3) is 0.771. The Morgan fingerprint density at radius 2 is 0.738 bits per heavy atom. The molecular weight excluding hydrogens is 828 g/mol. The van der Waals surface area contributed by atoms with Crippen molar-refractivity contribution in [3.63, 3.8) is 0 Å². The molecule has 0 saturated carbocycles. The second-order valence-electron chi connectivity index (χ2n) is 16.4. The Morgan fingerprint density at radius 1 is 0.443 bits per heavy atom. The van der Waals surface area contributed by atoms with Crippen LogP contribution in [-0.4, -0.2) is 142 Å². The summed E-state index contributed by atoms with van der Waals surface area (Å²) in [5.74, 6) is -4.88. The van der Waals surface area contributed by atoms with Crippen molar-refractivity contribution in [2.45, 2.75) is 136 Å². The van der Waals surface area contributed by atoms with Crippen LogP contribution in [0.1, 0.15) is 83.1 Å². The first-order valence-corrected chi connectivity index (χ1v) is 18.3. The van der Waals surface area contributed by atoms with E-state index in [1.807, 2.05) is 21.9 Å². The van der Waals surface area contributed by atoms with Gasteiger partial charge in [0.15, 0.2) is 51.0 Å². The molecule has 1 aliphatic rings. The fourth-order valence-electron chi connectivity index (χ4n) is 4.19. The molecule has 26 heteroatoms. The zero-order valence-corrected chi connectivity index (χ0v) is 36.4. The van der Waals surface area contributed by atoms with Crippen molar-refractivity contribution in [3.05, 3.63) is 0 Å². The van der Waals surface area contributed by atoms with Crippen molar-refractivity contribution in [1.82, 2.24) is 21.9 Å². The molecule has 0 radical (unpaired) electrons. The number of nitrogens with one attached hydrogen (secondary N) is 4. The molecule has 1 heterocycles. The second kappa shape index (κ2) is 24.2. The van der Waals surface area contributed by atoms with Crippen LogP contribution in [0.5, 0.6) is 0 Å². The summed E-state index contributed by atoms with van der Waals surface area (Å²) in [6, 6.07) is 0. The van der Waals surface area contributed by atoms with Gasteiger partial charge in [0, 0.05) is 7.11 Å². The van der Waals surface area contributed by atoms with Crippen molar-refractivity contribution in [2.24, 2.45) is 0 Å². The van der Waals surface area contributed by atoms with Crippen LogP contribution in [0.2, 0.25) is 0 Å². The van der Waals surface area contributed by atoms with E-state index in [4.69, 9.17) is 66.7 Å². The van der Waals surface area contributed by atoms with Gasteiger partial charge in [0.05, 0.1) is 0 Å². The SMILES string of the molecule is CO[C@H]1O[C@H](COC(=O)CONC(=O)OC(C)(C)C)[C@@H](OC(=O)CONC(=O)OC(C)(C)C)[C@H](OC(=O)CONC(=O)OC(C)(C)C)[C@H]1OC(=O)CONC(=O)OC(C)(C)C. The van der Waals surface area contributed by atoms with Gasteiger partial charge in [-0.25, -0.2) is 38.4 Å². The van der Waals surface area contributed by atoms with E-state index in [2.05, 4.69) is 0 Å². The third-order valence-electron chi connectivity index (χ3n) is 6.01. The quantitative estimate of drug-likeness (QED) is 0.0860. The predicted octanol–water partition coefficient (Wildman–Crippen LogP) is 1.46. The van der Waals surface area contributed by atoms with Crippen molar-refractivity contribution in [3.8, 4) is 0 Å². The molecule has 61 heavy (non-hydrogen) atoms. The van der Waals surface area contributed by atoms with Gasteiger partial charge >= 0.3 is 48.3 Å². The van der Waals surface area contributed by atoms with Gasteiger partial charge in [-0.3, -0.25) is 19.4 Å². The standard InChI is InChI=1S/C35H58N4O22/c1-32(2,3)58-28(44)36-50-15-20(40)49-14-19-24(55-21(41)16-51-37-29(45)59-33(4,5)6)25(56-22(42)17-52-38-30(46)60-34(7,8)9)26(27(48-13)54-19)57-23(43)18-53-39-31(47)61-35(10,11)12/h19,24-27H,14-18H2,1-13H3,(H,36,44)(H,37,45)(H,38,46)(H,39,47)/t19-,24-,25+,26-,27+/m1/s1. The number of rotatable bonds is 18. The highest BCUT2D eigenvalue weighted by molar-refractivity contribution is 5.74. The Kier molecular flexibility index (Phi) is 21.4. The number of esters is 4. The third-order valence-corrected chi connectivity index (χ3v) is 6.01. The fourth-order valence-corrected chi connectivity index (χ4v) is 4.19. The van der Waals surface area contributed by atoms with E-state index in [1.165, 1.54) is 0 Å². The molecule has 350 valence electrons. The molecule has 0 spiro atoms. The van der Waals surface area contributed by atoms with E-state index >= 15 is 0 Å². The Balaban J connectivity index is 3.40. The normalized spacial score (nSPS) is 19.2. The minimum atomic E-state index is -1.92. The van der Waals surface area contributed by atoms with Crippen LogP contribution in [0.15, 0.2) is 0 Å². The maximum atomic E-state index is 13.2. The van der Waals surface area contributed by atoms with E-state index in [0.717, 1.165) is 7.11 Å². The van der Waals surface area contributed by atoms with Gasteiger partial charge in [-0.05, 0) is 83.1 Å². The summed E-state index contributed by atoms with van der Waals surface area (Å²) in [5.41, 5.74) is 3.85. The van der Waals surface area contributed by atoms with Crippen molar-refractivity contribution < 1.29 is 105 Å². The number of carbonyl (C=O) groups excluding carboxylic acids is 8. The molecule has 4 N–H and O–H groups in total. The van der Waals surface area contributed by atoms with E-state index < -0.39 is 134 Å². The Hall–Kier alpha value is -5.28. The first kappa shape index (κ1) is 53.7. The first-order valence-electron chi connectivity index (χ1n) is 18.3. The van der Waals surface area contributed by atoms with E-state index in [1.54, 1.807) is 83.1 Å². The summed E-state index contributed by atoms with van der Waals surface area (Å²) in [6.45, 7) is 14.3.